The number of nitrogens with one attached hydrogen (secondary N) is 2. The summed E-state index contributed by atoms with van der Waals surface area (Å²) in [6.45, 7) is 8.30. The number of ether oxygens (including phenoxy) is 1. The first kappa shape index (κ1) is 22.1. The number of carbonyl (C=O) groups excluding carboxylic acids is 2. The van der Waals surface area contributed by atoms with Crippen molar-refractivity contribution < 1.29 is 22.7 Å². The molecule has 0 fully saturated rings. The molecule has 0 aliphatic rings. The molecule has 1 aromatic rings. The predicted octanol–water partition coefficient (Wildman–Crippen LogP) is 1.72. The number of sulfonamides is 1. The minimum atomic E-state index is -3.66. The van der Waals surface area contributed by atoms with Crippen molar-refractivity contribution in [2.24, 2.45) is 0 Å². The van der Waals surface area contributed by atoms with Crippen molar-refractivity contribution in [1.82, 2.24) is 10.0 Å². The van der Waals surface area contributed by atoms with Crippen LogP contribution in [-0.4, -0.2) is 40.0 Å². The Morgan fingerprint density at radius 3 is 2.19 bits per heavy atom. The fraction of sp³-hybridized carbons (Fsp3) is 0.556. The molecule has 0 aliphatic carbocycles. The number of amides is 1. The zero-order valence-corrected chi connectivity index (χ0v) is 16.6. The summed E-state index contributed by atoms with van der Waals surface area (Å²) in [5, 5.41) is 2.55. The highest BCUT2D eigenvalue weighted by atomic mass is 32.2. The third-order valence-electron chi connectivity index (χ3n) is 3.63. The Hall–Kier alpha value is -1.93. The molecule has 0 bridgehead atoms. The van der Waals surface area contributed by atoms with Gasteiger partial charge in [0.25, 0.3) is 0 Å². The van der Waals surface area contributed by atoms with Crippen LogP contribution in [0.25, 0.3) is 0 Å². The smallest absolute Gasteiger partial charge is 0.307 e. The van der Waals surface area contributed by atoms with Gasteiger partial charge < -0.3 is 10.1 Å². The molecule has 0 aromatic heterocycles. The van der Waals surface area contributed by atoms with Gasteiger partial charge in [0.2, 0.25) is 15.9 Å². The van der Waals surface area contributed by atoms with Crippen LogP contribution in [0.5, 0.6) is 0 Å². The van der Waals surface area contributed by atoms with Crippen molar-refractivity contribution in [3.63, 3.8) is 0 Å². The van der Waals surface area contributed by atoms with E-state index in [0.717, 1.165) is 5.56 Å². The Balaban J connectivity index is 2.44. The lowest BCUT2D eigenvalue weighted by Gasteiger charge is -2.19. The van der Waals surface area contributed by atoms with E-state index < -0.39 is 10.0 Å². The molecule has 1 amide bonds. The molecule has 0 saturated carbocycles. The lowest BCUT2D eigenvalue weighted by atomic mass is 9.87. The third-order valence-corrected chi connectivity index (χ3v) is 5.11. The molecule has 146 valence electrons. The van der Waals surface area contributed by atoms with Gasteiger partial charge in [0.1, 0.15) is 0 Å². The van der Waals surface area contributed by atoms with Crippen LogP contribution in [-0.2, 0) is 29.8 Å². The molecule has 0 spiro atoms. The first-order chi connectivity index (χ1) is 12.1. The molecular formula is C18H28N2O5S. The van der Waals surface area contributed by atoms with Gasteiger partial charge in [0, 0.05) is 19.5 Å². The maximum atomic E-state index is 12.2. The number of esters is 1. The maximum Gasteiger partial charge on any atom is 0.307 e. The average molecular weight is 384 g/mol. The Bertz CT molecular complexity index is 706. The van der Waals surface area contributed by atoms with Crippen LogP contribution in [0.1, 0.15) is 46.1 Å². The molecule has 8 heteroatoms. The largest absolute Gasteiger partial charge is 0.466 e. The molecule has 1 aromatic carbocycles. The monoisotopic (exact) mass is 384 g/mol. The first-order valence-corrected chi connectivity index (χ1v) is 10.1. The second-order valence-corrected chi connectivity index (χ2v) is 8.59. The van der Waals surface area contributed by atoms with Crippen LogP contribution in [0.15, 0.2) is 29.2 Å². The quantitative estimate of drug-likeness (QED) is 0.631. The van der Waals surface area contributed by atoms with Crippen molar-refractivity contribution in [3.8, 4) is 0 Å². The molecule has 0 aliphatic heterocycles. The van der Waals surface area contributed by atoms with E-state index in [0.29, 0.717) is 6.61 Å². The van der Waals surface area contributed by atoms with Gasteiger partial charge >= 0.3 is 5.97 Å². The third kappa shape index (κ3) is 7.53. The number of hydrogen-bond donors (Lipinski definition) is 2. The Morgan fingerprint density at radius 2 is 1.65 bits per heavy atom. The first-order valence-electron chi connectivity index (χ1n) is 8.59. The van der Waals surface area contributed by atoms with Crippen molar-refractivity contribution in [2.75, 3.05) is 19.7 Å². The van der Waals surface area contributed by atoms with Crippen LogP contribution < -0.4 is 10.0 Å². The molecule has 1 rings (SSSR count). The Morgan fingerprint density at radius 1 is 1.04 bits per heavy atom. The second kappa shape index (κ2) is 9.68. The highest BCUT2D eigenvalue weighted by molar-refractivity contribution is 7.89. The average Bonchev–Trinajstić information content (AvgIpc) is 2.54. The molecule has 2 N–H and O–H groups in total. The van der Waals surface area contributed by atoms with E-state index in [1.807, 2.05) is 0 Å². The minimum Gasteiger partial charge on any atom is -0.466 e. The van der Waals surface area contributed by atoms with Gasteiger partial charge in [-0.1, -0.05) is 32.9 Å². The minimum absolute atomic E-state index is 0.0118. The van der Waals surface area contributed by atoms with Gasteiger partial charge in [0.15, 0.2) is 0 Å². The molecule has 0 atom stereocenters. The number of carbonyl (C=O) groups is 2. The summed E-state index contributed by atoms with van der Waals surface area (Å²) >= 11 is 0. The summed E-state index contributed by atoms with van der Waals surface area (Å²) in [6, 6.07) is 6.69. The summed E-state index contributed by atoms with van der Waals surface area (Å²) in [7, 11) is -3.66. The van der Waals surface area contributed by atoms with Crippen LogP contribution in [0, 0.1) is 0 Å². The Labute approximate surface area is 155 Å². The molecule has 0 saturated heterocycles. The van der Waals surface area contributed by atoms with Crippen molar-refractivity contribution in [2.45, 2.75) is 50.8 Å². The molecule has 26 heavy (non-hydrogen) atoms. The van der Waals surface area contributed by atoms with Gasteiger partial charge in [-0.05, 0) is 30.0 Å². The molecular weight excluding hydrogens is 356 g/mol. The molecule has 0 unspecified atom stereocenters. The SMILES string of the molecule is CCOC(=O)CCNC(=O)CCNS(=O)(=O)c1ccc(C(C)(C)C)cc1. The Kier molecular flexibility index (Phi) is 8.23. The van der Waals surface area contributed by atoms with Gasteiger partial charge in [-0.3, -0.25) is 9.59 Å². The zero-order chi connectivity index (χ0) is 19.8. The van der Waals surface area contributed by atoms with E-state index in [-0.39, 0.29) is 48.1 Å². The summed E-state index contributed by atoms with van der Waals surface area (Å²) < 4.78 is 31.6. The van der Waals surface area contributed by atoms with Gasteiger partial charge in [-0.2, -0.15) is 0 Å². The summed E-state index contributed by atoms with van der Waals surface area (Å²) in [5.74, 6) is -0.715. The predicted molar refractivity (Wildman–Crippen MR) is 99.2 cm³/mol. The number of benzene rings is 1. The summed E-state index contributed by atoms with van der Waals surface area (Å²) in [4.78, 5) is 23.0. The van der Waals surface area contributed by atoms with Crippen LogP contribution in [0.4, 0.5) is 0 Å². The second-order valence-electron chi connectivity index (χ2n) is 6.83. The van der Waals surface area contributed by atoms with E-state index >= 15 is 0 Å². The van der Waals surface area contributed by atoms with Crippen LogP contribution in [0.3, 0.4) is 0 Å². The highest BCUT2D eigenvalue weighted by Gasteiger charge is 2.17. The standard InChI is InChI=1S/C18H28N2O5S/c1-5-25-17(22)11-12-19-16(21)10-13-20-26(23,24)15-8-6-14(7-9-15)18(2,3)4/h6-9,20H,5,10-13H2,1-4H3,(H,19,21). The highest BCUT2D eigenvalue weighted by Crippen LogP contribution is 2.23. The van der Waals surface area contributed by atoms with Gasteiger partial charge in [-0.15, -0.1) is 0 Å². The van der Waals surface area contributed by atoms with Crippen LogP contribution in [0.2, 0.25) is 0 Å². The van der Waals surface area contributed by atoms with Crippen molar-refractivity contribution in [3.05, 3.63) is 29.8 Å². The van der Waals surface area contributed by atoms with E-state index in [4.69, 9.17) is 4.74 Å². The fourth-order valence-corrected chi connectivity index (χ4v) is 3.17. The molecule has 0 radical (unpaired) electrons. The van der Waals surface area contributed by atoms with E-state index in [2.05, 4.69) is 30.8 Å². The maximum absolute atomic E-state index is 12.2. The van der Waals surface area contributed by atoms with E-state index in [9.17, 15) is 18.0 Å². The van der Waals surface area contributed by atoms with Crippen LogP contribution >= 0.6 is 0 Å². The van der Waals surface area contributed by atoms with Gasteiger partial charge in [-0.25, -0.2) is 13.1 Å². The molecule has 7 nitrogen and oxygen atoms in total. The van der Waals surface area contributed by atoms with E-state index in [1.165, 1.54) is 0 Å². The lowest BCUT2D eigenvalue weighted by molar-refractivity contribution is -0.143. The lowest BCUT2D eigenvalue weighted by Crippen LogP contribution is -2.32. The van der Waals surface area contributed by atoms with E-state index in [1.54, 1.807) is 31.2 Å². The normalized spacial score (nSPS) is 11.8. The zero-order valence-electron chi connectivity index (χ0n) is 15.8. The summed E-state index contributed by atoms with van der Waals surface area (Å²) in [6.07, 6.45) is 0.0769. The van der Waals surface area contributed by atoms with Crippen molar-refractivity contribution >= 4 is 21.9 Å². The number of rotatable bonds is 9. The topological polar surface area (TPSA) is 102 Å². The fourth-order valence-electron chi connectivity index (χ4n) is 2.14. The molecule has 0 heterocycles. The van der Waals surface area contributed by atoms with Crippen molar-refractivity contribution in [1.29, 1.82) is 0 Å². The van der Waals surface area contributed by atoms with Gasteiger partial charge in [0.05, 0.1) is 17.9 Å². The number of hydrogen-bond acceptors (Lipinski definition) is 5. The summed E-state index contributed by atoms with van der Waals surface area (Å²) in [5.41, 5.74) is 0.981.